The van der Waals surface area contributed by atoms with Crippen LogP contribution >= 0.6 is 0 Å². The molecule has 0 aliphatic heterocycles. The van der Waals surface area contributed by atoms with E-state index in [0.29, 0.717) is 6.54 Å². The maximum absolute atomic E-state index is 9.94. The number of hydrogen-bond donors (Lipinski definition) is 2. The lowest BCUT2D eigenvalue weighted by molar-refractivity contribution is 0.0745. The van der Waals surface area contributed by atoms with Crippen molar-refractivity contribution in [2.45, 2.75) is 47.1 Å². The third-order valence-electron chi connectivity index (χ3n) is 2.73. The summed E-state index contributed by atoms with van der Waals surface area (Å²) in [6.07, 6.45) is 0.489. The zero-order chi connectivity index (χ0) is 13.1. The predicted molar refractivity (Wildman–Crippen MR) is 70.1 cm³/mol. The van der Waals surface area contributed by atoms with Gasteiger partial charge in [0.1, 0.15) is 11.6 Å². The molecule has 0 spiro atoms. The van der Waals surface area contributed by atoms with Gasteiger partial charge in [-0.05, 0) is 18.8 Å². The molecule has 17 heavy (non-hydrogen) atoms. The van der Waals surface area contributed by atoms with Gasteiger partial charge in [-0.15, -0.1) is 0 Å². The van der Waals surface area contributed by atoms with Crippen LogP contribution in [0.15, 0.2) is 6.07 Å². The summed E-state index contributed by atoms with van der Waals surface area (Å²) in [7, 11) is 0. The lowest BCUT2D eigenvalue weighted by Gasteiger charge is -2.26. The van der Waals surface area contributed by atoms with E-state index in [4.69, 9.17) is 0 Å². The number of aliphatic hydroxyl groups excluding tert-OH is 1. The van der Waals surface area contributed by atoms with Crippen LogP contribution in [0.3, 0.4) is 0 Å². The van der Waals surface area contributed by atoms with Crippen LogP contribution in [0.5, 0.6) is 0 Å². The SMILES string of the molecule is CCc1cc(NCC(O)C(C)(C)C)nc(C)n1. The maximum atomic E-state index is 9.94. The Morgan fingerprint density at radius 2 is 2.00 bits per heavy atom. The van der Waals surface area contributed by atoms with Crippen LogP contribution < -0.4 is 5.32 Å². The molecular weight excluding hydrogens is 214 g/mol. The lowest BCUT2D eigenvalue weighted by atomic mass is 9.89. The molecule has 1 aromatic heterocycles. The van der Waals surface area contributed by atoms with E-state index in [1.807, 2.05) is 33.8 Å². The van der Waals surface area contributed by atoms with E-state index in [1.165, 1.54) is 0 Å². The van der Waals surface area contributed by atoms with Crippen LogP contribution in [-0.4, -0.2) is 27.7 Å². The summed E-state index contributed by atoms with van der Waals surface area (Å²) in [4.78, 5) is 8.62. The molecular formula is C13H23N3O. The first-order valence-electron chi connectivity index (χ1n) is 6.09. The number of aromatic nitrogens is 2. The van der Waals surface area contributed by atoms with Crippen molar-refractivity contribution in [2.24, 2.45) is 5.41 Å². The van der Waals surface area contributed by atoms with E-state index < -0.39 is 6.10 Å². The van der Waals surface area contributed by atoms with E-state index in [1.54, 1.807) is 0 Å². The van der Waals surface area contributed by atoms with Crippen molar-refractivity contribution in [3.05, 3.63) is 17.6 Å². The molecule has 0 saturated carbocycles. The Kier molecular flexibility index (Phi) is 4.46. The van der Waals surface area contributed by atoms with Crippen LogP contribution in [0.1, 0.15) is 39.2 Å². The molecule has 0 fully saturated rings. The molecule has 4 heteroatoms. The first kappa shape index (κ1) is 13.9. The summed E-state index contributed by atoms with van der Waals surface area (Å²) < 4.78 is 0. The summed E-state index contributed by atoms with van der Waals surface area (Å²) in [6, 6.07) is 1.93. The molecule has 1 aromatic rings. The van der Waals surface area contributed by atoms with E-state index >= 15 is 0 Å². The molecule has 0 amide bonds. The molecule has 1 rings (SSSR count). The van der Waals surface area contributed by atoms with Gasteiger partial charge in [0.2, 0.25) is 0 Å². The highest BCUT2D eigenvalue weighted by Gasteiger charge is 2.21. The molecule has 0 saturated heterocycles. The quantitative estimate of drug-likeness (QED) is 0.842. The highest BCUT2D eigenvalue weighted by molar-refractivity contribution is 5.36. The van der Waals surface area contributed by atoms with Gasteiger partial charge in [-0.25, -0.2) is 9.97 Å². The van der Waals surface area contributed by atoms with Crippen LogP contribution in [-0.2, 0) is 6.42 Å². The average Bonchev–Trinajstić information content (AvgIpc) is 2.23. The number of anilines is 1. The number of aryl methyl sites for hydroxylation is 2. The smallest absolute Gasteiger partial charge is 0.130 e. The summed E-state index contributed by atoms with van der Waals surface area (Å²) in [5.41, 5.74) is 0.896. The Labute approximate surface area is 103 Å². The Bertz CT molecular complexity index is 371. The topological polar surface area (TPSA) is 58.0 Å². The van der Waals surface area contributed by atoms with Gasteiger partial charge >= 0.3 is 0 Å². The first-order chi connectivity index (χ1) is 7.82. The standard InChI is InChI=1S/C13H23N3O/c1-6-10-7-12(16-9(2)15-10)14-8-11(17)13(3,4)5/h7,11,17H,6,8H2,1-5H3,(H,14,15,16). The Morgan fingerprint density at radius 1 is 1.35 bits per heavy atom. The van der Waals surface area contributed by atoms with E-state index in [-0.39, 0.29) is 5.41 Å². The zero-order valence-corrected chi connectivity index (χ0v) is 11.4. The maximum Gasteiger partial charge on any atom is 0.130 e. The van der Waals surface area contributed by atoms with Crippen LogP contribution in [0.2, 0.25) is 0 Å². The van der Waals surface area contributed by atoms with Crippen molar-refractivity contribution >= 4 is 5.82 Å². The number of aliphatic hydroxyl groups is 1. The third-order valence-corrected chi connectivity index (χ3v) is 2.73. The molecule has 0 aliphatic rings. The summed E-state index contributed by atoms with van der Waals surface area (Å²) >= 11 is 0. The Balaban J connectivity index is 2.66. The molecule has 1 heterocycles. The van der Waals surface area contributed by atoms with Crippen LogP contribution in [0, 0.1) is 12.3 Å². The fraction of sp³-hybridized carbons (Fsp3) is 0.692. The minimum Gasteiger partial charge on any atom is -0.391 e. The minimum atomic E-state index is -0.400. The van der Waals surface area contributed by atoms with E-state index in [0.717, 1.165) is 23.8 Å². The van der Waals surface area contributed by atoms with Gasteiger partial charge in [0.15, 0.2) is 0 Å². The largest absolute Gasteiger partial charge is 0.391 e. The molecule has 0 aliphatic carbocycles. The second-order valence-corrected chi connectivity index (χ2v) is 5.41. The Hall–Kier alpha value is -1.16. The number of rotatable bonds is 4. The first-order valence-corrected chi connectivity index (χ1v) is 6.09. The van der Waals surface area contributed by atoms with Gasteiger partial charge in [-0.2, -0.15) is 0 Å². The van der Waals surface area contributed by atoms with Crippen LogP contribution in [0.25, 0.3) is 0 Å². The van der Waals surface area contributed by atoms with Crippen molar-refractivity contribution in [3.63, 3.8) is 0 Å². The second kappa shape index (κ2) is 5.45. The molecule has 96 valence electrons. The zero-order valence-electron chi connectivity index (χ0n) is 11.4. The van der Waals surface area contributed by atoms with Crippen molar-refractivity contribution in [2.75, 3.05) is 11.9 Å². The van der Waals surface area contributed by atoms with Gasteiger partial charge in [0, 0.05) is 18.3 Å². The molecule has 0 bridgehead atoms. The number of hydrogen-bond acceptors (Lipinski definition) is 4. The molecule has 0 aromatic carbocycles. The molecule has 1 atom stereocenters. The highest BCUT2D eigenvalue weighted by atomic mass is 16.3. The molecule has 2 N–H and O–H groups in total. The average molecular weight is 237 g/mol. The van der Waals surface area contributed by atoms with Crippen molar-refractivity contribution < 1.29 is 5.11 Å². The highest BCUT2D eigenvalue weighted by Crippen LogP contribution is 2.19. The fourth-order valence-electron chi connectivity index (χ4n) is 1.41. The molecule has 0 radical (unpaired) electrons. The Morgan fingerprint density at radius 3 is 2.53 bits per heavy atom. The second-order valence-electron chi connectivity index (χ2n) is 5.41. The third kappa shape index (κ3) is 4.30. The van der Waals surface area contributed by atoms with Crippen LogP contribution in [0.4, 0.5) is 5.82 Å². The molecule has 1 unspecified atom stereocenters. The van der Waals surface area contributed by atoms with Gasteiger partial charge < -0.3 is 10.4 Å². The minimum absolute atomic E-state index is 0.122. The van der Waals surface area contributed by atoms with Gasteiger partial charge in [-0.1, -0.05) is 27.7 Å². The number of nitrogens with one attached hydrogen (secondary N) is 1. The van der Waals surface area contributed by atoms with Gasteiger partial charge in [0.05, 0.1) is 6.10 Å². The fourth-order valence-corrected chi connectivity index (χ4v) is 1.41. The number of nitrogens with zero attached hydrogens (tertiary/aromatic N) is 2. The lowest BCUT2D eigenvalue weighted by Crippen LogP contribution is -2.33. The van der Waals surface area contributed by atoms with E-state index in [2.05, 4.69) is 22.2 Å². The monoisotopic (exact) mass is 237 g/mol. The summed E-state index contributed by atoms with van der Waals surface area (Å²) in [5, 5.41) is 13.1. The van der Waals surface area contributed by atoms with Gasteiger partial charge in [0.25, 0.3) is 0 Å². The normalized spacial score (nSPS) is 13.5. The van der Waals surface area contributed by atoms with Gasteiger partial charge in [-0.3, -0.25) is 0 Å². The van der Waals surface area contributed by atoms with Crippen molar-refractivity contribution in [3.8, 4) is 0 Å². The van der Waals surface area contributed by atoms with Crippen molar-refractivity contribution in [1.29, 1.82) is 0 Å². The van der Waals surface area contributed by atoms with E-state index in [9.17, 15) is 5.11 Å². The predicted octanol–water partition coefficient (Wildman–Crippen LogP) is 2.17. The van der Waals surface area contributed by atoms with Crippen molar-refractivity contribution in [1.82, 2.24) is 9.97 Å². The molecule has 4 nitrogen and oxygen atoms in total. The summed E-state index contributed by atoms with van der Waals surface area (Å²) in [5.74, 6) is 1.55. The summed E-state index contributed by atoms with van der Waals surface area (Å²) in [6.45, 7) is 10.5.